The molecule has 1 aliphatic carbocycles. The Kier molecular flexibility index (Phi) is 5.36. The van der Waals surface area contributed by atoms with Crippen molar-refractivity contribution in [1.29, 1.82) is 0 Å². The van der Waals surface area contributed by atoms with Crippen molar-refractivity contribution in [3.63, 3.8) is 0 Å². The molecule has 0 bridgehead atoms. The Balaban J connectivity index is 1.58. The molecule has 2 aromatic rings. The molecule has 1 aromatic heterocycles. The molecule has 2 unspecified atom stereocenters. The standard InChI is InChI=1S/C22H25N3O4S/c1-14-7-10-20(23-12-14)24-30(28,29)19-11-16(9-8-15(19)2)13-25-21(26)17-5-3-4-6-18(17)22(25)27/h7-12,17-18H,3-6,13H2,1-2H3,(H,23,24). The van der Waals surface area contributed by atoms with Crippen LogP contribution in [0.1, 0.15) is 42.4 Å². The van der Waals surface area contributed by atoms with E-state index in [9.17, 15) is 18.0 Å². The summed E-state index contributed by atoms with van der Waals surface area (Å²) in [5, 5.41) is 0. The molecule has 2 aliphatic rings. The van der Waals surface area contributed by atoms with Gasteiger partial charge in [-0.25, -0.2) is 13.4 Å². The summed E-state index contributed by atoms with van der Waals surface area (Å²) in [6, 6.07) is 8.38. The highest BCUT2D eigenvalue weighted by molar-refractivity contribution is 7.92. The van der Waals surface area contributed by atoms with Gasteiger partial charge in [-0.2, -0.15) is 0 Å². The first kappa shape index (κ1) is 20.5. The fourth-order valence-corrected chi connectivity index (χ4v) is 5.63. The van der Waals surface area contributed by atoms with Crippen molar-refractivity contribution in [2.45, 2.75) is 51.0 Å². The van der Waals surface area contributed by atoms with Gasteiger partial charge in [0.05, 0.1) is 23.3 Å². The van der Waals surface area contributed by atoms with E-state index in [4.69, 9.17) is 0 Å². The summed E-state index contributed by atoms with van der Waals surface area (Å²) in [4.78, 5) is 31.0. The zero-order valence-electron chi connectivity index (χ0n) is 17.1. The van der Waals surface area contributed by atoms with Crippen LogP contribution in [0.25, 0.3) is 0 Å². The van der Waals surface area contributed by atoms with Crippen LogP contribution in [0.5, 0.6) is 0 Å². The number of amides is 2. The molecule has 7 nitrogen and oxygen atoms in total. The Hall–Kier alpha value is -2.74. The number of rotatable bonds is 5. The zero-order valence-corrected chi connectivity index (χ0v) is 17.9. The molecule has 1 aromatic carbocycles. The van der Waals surface area contributed by atoms with Gasteiger partial charge in [-0.3, -0.25) is 19.2 Å². The smallest absolute Gasteiger partial charge is 0.263 e. The highest BCUT2D eigenvalue weighted by Gasteiger charge is 2.47. The highest BCUT2D eigenvalue weighted by atomic mass is 32.2. The number of benzene rings is 1. The maximum atomic E-state index is 12.9. The summed E-state index contributed by atoms with van der Waals surface area (Å²) in [7, 11) is -3.86. The van der Waals surface area contributed by atoms with Crippen LogP contribution in [0.3, 0.4) is 0 Å². The second-order valence-electron chi connectivity index (χ2n) is 8.19. The van der Waals surface area contributed by atoms with Gasteiger partial charge in [0.25, 0.3) is 10.0 Å². The van der Waals surface area contributed by atoms with Crippen LogP contribution in [0, 0.1) is 25.7 Å². The molecule has 2 atom stereocenters. The predicted molar refractivity (Wildman–Crippen MR) is 112 cm³/mol. The number of aryl methyl sites for hydroxylation is 2. The normalized spacial score (nSPS) is 21.6. The third-order valence-electron chi connectivity index (χ3n) is 5.97. The van der Waals surface area contributed by atoms with E-state index >= 15 is 0 Å². The summed E-state index contributed by atoms with van der Waals surface area (Å²) in [6.07, 6.45) is 5.05. The van der Waals surface area contributed by atoms with Crippen LogP contribution in [0.2, 0.25) is 0 Å². The Morgan fingerprint density at radius 2 is 1.70 bits per heavy atom. The van der Waals surface area contributed by atoms with Gasteiger partial charge < -0.3 is 0 Å². The minimum absolute atomic E-state index is 0.0935. The van der Waals surface area contributed by atoms with Gasteiger partial charge in [0, 0.05) is 6.20 Å². The number of pyridine rings is 1. The Bertz CT molecular complexity index is 1070. The van der Waals surface area contributed by atoms with Gasteiger partial charge in [0.2, 0.25) is 11.8 Å². The molecule has 1 saturated heterocycles. The van der Waals surface area contributed by atoms with Gasteiger partial charge in [-0.1, -0.05) is 31.0 Å². The zero-order chi connectivity index (χ0) is 21.5. The fraction of sp³-hybridized carbons (Fsp3) is 0.409. The molecular formula is C22H25N3O4S. The number of aromatic nitrogens is 1. The van der Waals surface area contributed by atoms with E-state index in [1.807, 2.05) is 6.92 Å². The number of hydrogen-bond acceptors (Lipinski definition) is 5. The van der Waals surface area contributed by atoms with E-state index in [-0.39, 0.29) is 40.9 Å². The Morgan fingerprint density at radius 3 is 2.30 bits per heavy atom. The number of nitrogens with zero attached hydrogens (tertiary/aromatic N) is 2. The van der Waals surface area contributed by atoms with Crippen LogP contribution in [-0.2, 0) is 26.2 Å². The molecule has 1 aliphatic heterocycles. The van der Waals surface area contributed by atoms with E-state index in [1.54, 1.807) is 37.4 Å². The lowest BCUT2D eigenvalue weighted by molar-refractivity contribution is -0.140. The predicted octanol–water partition coefficient (Wildman–Crippen LogP) is 3.17. The molecule has 2 fully saturated rings. The third-order valence-corrected chi connectivity index (χ3v) is 7.46. The van der Waals surface area contributed by atoms with Crippen LogP contribution >= 0.6 is 0 Å². The van der Waals surface area contributed by atoms with Crippen LogP contribution in [0.15, 0.2) is 41.4 Å². The first-order chi connectivity index (χ1) is 14.3. The van der Waals surface area contributed by atoms with Crippen molar-refractivity contribution in [3.8, 4) is 0 Å². The average Bonchev–Trinajstić information content (AvgIpc) is 2.96. The van der Waals surface area contributed by atoms with E-state index in [0.717, 1.165) is 31.2 Å². The summed E-state index contributed by atoms with van der Waals surface area (Å²) in [6.45, 7) is 3.67. The number of hydrogen-bond donors (Lipinski definition) is 1. The van der Waals surface area contributed by atoms with Crippen molar-refractivity contribution >= 4 is 27.7 Å². The molecule has 0 spiro atoms. The first-order valence-corrected chi connectivity index (χ1v) is 11.6. The van der Waals surface area contributed by atoms with Gasteiger partial charge >= 0.3 is 0 Å². The SMILES string of the molecule is Cc1ccc(NS(=O)(=O)c2cc(CN3C(=O)C4CCCCC4C3=O)ccc2C)nc1. The number of likely N-dealkylation sites (tertiary alicyclic amines) is 1. The van der Waals surface area contributed by atoms with Crippen LogP contribution in [-0.4, -0.2) is 30.1 Å². The van der Waals surface area contributed by atoms with Crippen LogP contribution in [0.4, 0.5) is 5.82 Å². The van der Waals surface area contributed by atoms with Crippen molar-refractivity contribution < 1.29 is 18.0 Å². The Morgan fingerprint density at radius 1 is 1.03 bits per heavy atom. The molecule has 8 heteroatoms. The monoisotopic (exact) mass is 427 g/mol. The minimum atomic E-state index is -3.86. The van der Waals surface area contributed by atoms with E-state index in [0.29, 0.717) is 11.1 Å². The lowest BCUT2D eigenvalue weighted by atomic mass is 9.81. The maximum absolute atomic E-state index is 12.9. The van der Waals surface area contributed by atoms with E-state index in [2.05, 4.69) is 9.71 Å². The van der Waals surface area contributed by atoms with Crippen molar-refractivity contribution in [3.05, 3.63) is 53.2 Å². The molecule has 0 radical (unpaired) electrons. The lowest BCUT2D eigenvalue weighted by Gasteiger charge is -2.19. The second-order valence-corrected chi connectivity index (χ2v) is 9.84. The summed E-state index contributed by atoms with van der Waals surface area (Å²) in [5.41, 5.74) is 2.11. The van der Waals surface area contributed by atoms with E-state index < -0.39 is 10.0 Å². The van der Waals surface area contributed by atoms with Crippen molar-refractivity contribution in [2.75, 3.05) is 4.72 Å². The number of anilines is 1. The second kappa shape index (κ2) is 7.83. The summed E-state index contributed by atoms with van der Waals surface area (Å²) in [5.74, 6) is -0.448. The summed E-state index contributed by atoms with van der Waals surface area (Å²) < 4.78 is 28.4. The molecule has 158 valence electrons. The number of imide groups is 1. The highest BCUT2D eigenvalue weighted by Crippen LogP contribution is 2.38. The molecule has 2 amide bonds. The number of carbonyl (C=O) groups excluding carboxylic acids is 2. The topological polar surface area (TPSA) is 96.4 Å². The minimum Gasteiger partial charge on any atom is -0.278 e. The largest absolute Gasteiger partial charge is 0.278 e. The van der Waals surface area contributed by atoms with Crippen molar-refractivity contribution in [2.24, 2.45) is 11.8 Å². The van der Waals surface area contributed by atoms with Gasteiger partial charge in [-0.05, 0) is 55.5 Å². The van der Waals surface area contributed by atoms with Crippen molar-refractivity contribution in [1.82, 2.24) is 9.88 Å². The first-order valence-electron chi connectivity index (χ1n) is 10.2. The lowest BCUT2D eigenvalue weighted by Crippen LogP contribution is -2.30. The number of carbonyl (C=O) groups is 2. The molecular weight excluding hydrogens is 402 g/mol. The number of sulfonamides is 1. The number of nitrogens with one attached hydrogen (secondary N) is 1. The fourth-order valence-electron chi connectivity index (χ4n) is 4.32. The number of fused-ring (bicyclic) bond motifs is 1. The van der Waals surface area contributed by atoms with E-state index in [1.165, 1.54) is 11.0 Å². The average molecular weight is 428 g/mol. The molecule has 2 heterocycles. The maximum Gasteiger partial charge on any atom is 0.263 e. The van der Waals surface area contributed by atoms with Gasteiger partial charge in [0.15, 0.2) is 0 Å². The molecule has 30 heavy (non-hydrogen) atoms. The molecule has 4 rings (SSSR count). The summed E-state index contributed by atoms with van der Waals surface area (Å²) >= 11 is 0. The van der Waals surface area contributed by atoms with Gasteiger partial charge in [-0.15, -0.1) is 0 Å². The molecule has 1 saturated carbocycles. The molecule has 1 N–H and O–H groups in total. The third kappa shape index (κ3) is 3.84. The Labute approximate surface area is 176 Å². The van der Waals surface area contributed by atoms with Crippen LogP contribution < -0.4 is 4.72 Å². The van der Waals surface area contributed by atoms with Gasteiger partial charge in [0.1, 0.15) is 5.82 Å². The quantitative estimate of drug-likeness (QED) is 0.740.